The summed E-state index contributed by atoms with van der Waals surface area (Å²) in [6.07, 6.45) is 3.61. The van der Waals surface area contributed by atoms with E-state index in [2.05, 4.69) is 5.32 Å². The van der Waals surface area contributed by atoms with Crippen LogP contribution in [-0.4, -0.2) is 28.8 Å². The number of hydrogen-bond donors (Lipinski definition) is 2. The Morgan fingerprint density at radius 2 is 1.89 bits per heavy atom. The average molecular weight is 255 g/mol. The molecule has 1 amide bonds. The van der Waals surface area contributed by atoms with E-state index in [1.165, 1.54) is 12.8 Å². The van der Waals surface area contributed by atoms with Crippen LogP contribution in [0.4, 0.5) is 4.79 Å². The Bertz CT molecular complexity index is 360. The summed E-state index contributed by atoms with van der Waals surface area (Å²) in [5.41, 5.74) is -0.182. The van der Waals surface area contributed by atoms with Gasteiger partial charge in [-0.15, -0.1) is 0 Å². The highest BCUT2D eigenvalue weighted by molar-refractivity contribution is 5.80. The molecule has 5 nitrogen and oxygen atoms in total. The molecule has 0 aromatic carbocycles. The third-order valence-electron chi connectivity index (χ3n) is 3.76. The minimum Gasteiger partial charge on any atom is -0.480 e. The number of aliphatic carboxylic acids is 1. The molecule has 18 heavy (non-hydrogen) atoms. The molecule has 0 radical (unpaired) electrons. The molecule has 2 aliphatic rings. The second-order valence-electron chi connectivity index (χ2n) is 6.63. The third kappa shape index (κ3) is 2.94. The normalized spacial score (nSPS) is 23.1. The van der Waals surface area contributed by atoms with E-state index in [-0.39, 0.29) is 5.92 Å². The fourth-order valence-electron chi connectivity index (χ4n) is 2.69. The van der Waals surface area contributed by atoms with Gasteiger partial charge in [0.2, 0.25) is 0 Å². The van der Waals surface area contributed by atoms with Gasteiger partial charge in [-0.1, -0.05) is 0 Å². The van der Waals surface area contributed by atoms with Crippen LogP contribution in [0.15, 0.2) is 0 Å². The van der Waals surface area contributed by atoms with Crippen molar-refractivity contribution in [2.75, 3.05) is 0 Å². The van der Waals surface area contributed by atoms with Gasteiger partial charge in [-0.05, 0) is 57.8 Å². The zero-order valence-corrected chi connectivity index (χ0v) is 11.2. The quantitative estimate of drug-likeness (QED) is 0.810. The molecule has 0 heterocycles. The number of ether oxygens (including phenoxy) is 1. The Balaban J connectivity index is 1.87. The van der Waals surface area contributed by atoms with E-state index < -0.39 is 23.7 Å². The number of carbonyl (C=O) groups is 2. The van der Waals surface area contributed by atoms with Gasteiger partial charge < -0.3 is 15.2 Å². The van der Waals surface area contributed by atoms with Gasteiger partial charge >= 0.3 is 12.1 Å². The van der Waals surface area contributed by atoms with Crippen LogP contribution in [0.1, 0.15) is 46.5 Å². The van der Waals surface area contributed by atoms with Crippen molar-refractivity contribution in [1.29, 1.82) is 0 Å². The Morgan fingerprint density at radius 3 is 2.28 bits per heavy atom. The molecule has 0 aromatic heterocycles. The average Bonchev–Trinajstić information content (AvgIpc) is 2.87. The first-order valence-electron chi connectivity index (χ1n) is 6.43. The van der Waals surface area contributed by atoms with Crippen molar-refractivity contribution < 1.29 is 19.4 Å². The lowest BCUT2D eigenvalue weighted by Gasteiger charge is -2.39. The second kappa shape index (κ2) is 4.14. The number of rotatable bonds is 3. The summed E-state index contributed by atoms with van der Waals surface area (Å²) >= 11 is 0. The Hall–Kier alpha value is -1.26. The molecule has 2 aliphatic carbocycles. The van der Waals surface area contributed by atoms with Crippen LogP contribution in [0.2, 0.25) is 0 Å². The van der Waals surface area contributed by atoms with Crippen molar-refractivity contribution in [3.05, 3.63) is 0 Å². The highest BCUT2D eigenvalue weighted by Crippen LogP contribution is 2.63. The van der Waals surface area contributed by atoms with Gasteiger partial charge in [0.05, 0.1) is 0 Å². The van der Waals surface area contributed by atoms with Crippen molar-refractivity contribution in [3.8, 4) is 0 Å². The molecule has 1 unspecified atom stereocenters. The molecule has 102 valence electrons. The Morgan fingerprint density at radius 1 is 1.33 bits per heavy atom. The molecule has 2 saturated carbocycles. The molecule has 2 rings (SSSR count). The number of nitrogens with one attached hydrogen (secondary N) is 1. The molecule has 5 heteroatoms. The third-order valence-corrected chi connectivity index (χ3v) is 3.76. The lowest BCUT2D eigenvalue weighted by Crippen LogP contribution is -2.51. The summed E-state index contributed by atoms with van der Waals surface area (Å²) in [5, 5.41) is 11.7. The maximum Gasteiger partial charge on any atom is 0.408 e. The smallest absolute Gasteiger partial charge is 0.408 e. The van der Waals surface area contributed by atoms with Crippen LogP contribution in [0.5, 0.6) is 0 Å². The number of carboxylic acid groups (broad SMARTS) is 1. The topological polar surface area (TPSA) is 75.6 Å². The van der Waals surface area contributed by atoms with Crippen molar-refractivity contribution in [2.24, 2.45) is 11.3 Å². The number of alkyl carbamates (subject to hydrolysis) is 1. The van der Waals surface area contributed by atoms with Crippen LogP contribution < -0.4 is 5.32 Å². The van der Waals surface area contributed by atoms with Crippen LogP contribution in [0, 0.1) is 11.3 Å². The maximum absolute atomic E-state index is 11.6. The monoisotopic (exact) mass is 255 g/mol. The van der Waals surface area contributed by atoms with Crippen LogP contribution >= 0.6 is 0 Å². The first-order chi connectivity index (χ1) is 8.21. The fraction of sp³-hybridized carbons (Fsp3) is 0.846. The van der Waals surface area contributed by atoms with Crippen molar-refractivity contribution >= 4 is 12.1 Å². The van der Waals surface area contributed by atoms with Crippen LogP contribution in [0.25, 0.3) is 0 Å². The highest BCUT2D eigenvalue weighted by atomic mass is 16.6. The number of hydrogen-bond acceptors (Lipinski definition) is 3. The maximum atomic E-state index is 11.6. The summed E-state index contributed by atoms with van der Waals surface area (Å²) in [7, 11) is 0. The van der Waals surface area contributed by atoms with Crippen molar-refractivity contribution in [3.63, 3.8) is 0 Å². The van der Waals surface area contributed by atoms with Gasteiger partial charge in [0.25, 0.3) is 0 Å². The van der Waals surface area contributed by atoms with E-state index in [9.17, 15) is 14.7 Å². The zero-order chi connectivity index (χ0) is 13.6. The Labute approximate surface area is 107 Å². The van der Waals surface area contributed by atoms with Gasteiger partial charge in [-0.25, -0.2) is 9.59 Å². The molecule has 2 N–H and O–H groups in total. The van der Waals surface area contributed by atoms with E-state index in [4.69, 9.17) is 4.74 Å². The summed E-state index contributed by atoms with van der Waals surface area (Å²) in [6, 6.07) is -0.814. The minimum atomic E-state index is -0.971. The SMILES string of the molecule is CC(C)(C)OC(=O)NC(C(=O)O)C1CC2(CC2)C1. The van der Waals surface area contributed by atoms with Gasteiger partial charge in [-0.2, -0.15) is 0 Å². The molecule has 0 aliphatic heterocycles. The molecule has 0 bridgehead atoms. The van der Waals surface area contributed by atoms with Gasteiger partial charge in [0, 0.05) is 0 Å². The van der Waals surface area contributed by atoms with E-state index in [0.717, 1.165) is 12.8 Å². The minimum absolute atomic E-state index is 0.0533. The molecule has 1 spiro atoms. The van der Waals surface area contributed by atoms with E-state index in [0.29, 0.717) is 5.41 Å². The van der Waals surface area contributed by atoms with Gasteiger partial charge in [0.1, 0.15) is 11.6 Å². The predicted octanol–water partition coefficient (Wildman–Crippen LogP) is 2.15. The first-order valence-corrected chi connectivity index (χ1v) is 6.43. The second-order valence-corrected chi connectivity index (χ2v) is 6.63. The molecular formula is C13H21NO4. The number of carbonyl (C=O) groups excluding carboxylic acids is 1. The summed E-state index contributed by atoms with van der Waals surface area (Å²) in [4.78, 5) is 22.8. The largest absolute Gasteiger partial charge is 0.480 e. The predicted molar refractivity (Wildman–Crippen MR) is 65.2 cm³/mol. The van der Waals surface area contributed by atoms with Gasteiger partial charge in [0.15, 0.2) is 0 Å². The van der Waals surface area contributed by atoms with Crippen molar-refractivity contribution in [2.45, 2.75) is 58.1 Å². The number of amides is 1. The summed E-state index contributed by atoms with van der Waals surface area (Å²) in [6.45, 7) is 5.26. The molecule has 0 saturated heterocycles. The van der Waals surface area contributed by atoms with Crippen molar-refractivity contribution in [1.82, 2.24) is 5.32 Å². The zero-order valence-electron chi connectivity index (χ0n) is 11.2. The molecule has 1 atom stereocenters. The Kier molecular flexibility index (Phi) is 3.03. The standard InChI is InChI=1S/C13H21NO4/c1-12(2,3)18-11(17)14-9(10(15)16)8-6-13(7-8)4-5-13/h8-9H,4-7H2,1-3H3,(H,14,17)(H,15,16). The lowest BCUT2D eigenvalue weighted by molar-refractivity contribution is -0.142. The fourth-order valence-corrected chi connectivity index (χ4v) is 2.69. The van der Waals surface area contributed by atoms with E-state index in [1.807, 2.05) is 0 Å². The van der Waals surface area contributed by atoms with E-state index >= 15 is 0 Å². The summed E-state index contributed by atoms with van der Waals surface area (Å²) in [5.74, 6) is -0.918. The van der Waals surface area contributed by atoms with Crippen LogP contribution in [-0.2, 0) is 9.53 Å². The van der Waals surface area contributed by atoms with E-state index in [1.54, 1.807) is 20.8 Å². The molecule has 0 aromatic rings. The summed E-state index contributed by atoms with van der Waals surface area (Å²) < 4.78 is 5.09. The first kappa shape index (κ1) is 13.2. The van der Waals surface area contributed by atoms with Crippen LogP contribution in [0.3, 0.4) is 0 Å². The molecule has 2 fully saturated rings. The lowest BCUT2D eigenvalue weighted by atomic mass is 9.68. The highest BCUT2D eigenvalue weighted by Gasteiger charge is 2.56. The number of carboxylic acids is 1. The molecular weight excluding hydrogens is 234 g/mol. The van der Waals surface area contributed by atoms with Gasteiger partial charge in [-0.3, -0.25) is 0 Å².